The maximum Gasteiger partial charge on any atom is 0.229 e. The first-order valence-electron chi connectivity index (χ1n) is 5.80. The fraction of sp³-hybridized carbons (Fsp3) is 0.462. The molecule has 0 saturated heterocycles. The average Bonchev–Trinajstić information content (AvgIpc) is 2.80. The molecular formula is C13H17NOS. The van der Waals surface area contributed by atoms with Gasteiger partial charge in [0, 0.05) is 17.9 Å². The number of hydrogen-bond donors (Lipinski definition) is 0. The van der Waals surface area contributed by atoms with Crippen molar-refractivity contribution in [1.29, 1.82) is 0 Å². The minimum absolute atomic E-state index is 0.167. The topological polar surface area (TPSA) is 20.3 Å². The Kier molecular flexibility index (Phi) is 3.88. The van der Waals surface area contributed by atoms with Gasteiger partial charge >= 0.3 is 0 Å². The lowest BCUT2D eigenvalue weighted by Gasteiger charge is -2.26. The first kappa shape index (κ1) is 11.5. The van der Waals surface area contributed by atoms with Crippen LogP contribution in [0.5, 0.6) is 0 Å². The van der Waals surface area contributed by atoms with Crippen LogP contribution in [0, 0.1) is 0 Å². The summed E-state index contributed by atoms with van der Waals surface area (Å²) in [6.45, 7) is 1.66. The van der Waals surface area contributed by atoms with Gasteiger partial charge in [-0.1, -0.05) is 31.0 Å². The van der Waals surface area contributed by atoms with Crippen LogP contribution in [-0.4, -0.2) is 16.3 Å². The molecule has 1 aliphatic carbocycles. The predicted molar refractivity (Wildman–Crippen MR) is 67.1 cm³/mol. The number of carbonyl (C=O) groups excluding carboxylic acids is 1. The Bertz CT molecular complexity index is 346. The fourth-order valence-electron chi connectivity index (χ4n) is 2.13. The summed E-state index contributed by atoms with van der Waals surface area (Å²) < 4.78 is 1.95. The first-order chi connectivity index (χ1) is 7.77. The Morgan fingerprint density at radius 2 is 1.88 bits per heavy atom. The van der Waals surface area contributed by atoms with Crippen LogP contribution in [0.25, 0.3) is 0 Å². The molecule has 0 aliphatic heterocycles. The molecule has 0 atom stereocenters. The van der Waals surface area contributed by atoms with E-state index < -0.39 is 0 Å². The molecule has 0 radical (unpaired) electrons. The normalized spacial score (nSPS) is 16.3. The summed E-state index contributed by atoms with van der Waals surface area (Å²) in [6, 6.07) is 10.6. The molecule has 3 heteroatoms. The molecule has 2 nitrogen and oxygen atoms in total. The Morgan fingerprint density at radius 3 is 2.44 bits per heavy atom. The average molecular weight is 235 g/mol. The van der Waals surface area contributed by atoms with E-state index in [1.807, 2.05) is 22.5 Å². The van der Waals surface area contributed by atoms with Gasteiger partial charge in [-0.15, -0.1) is 0 Å². The third-order valence-corrected chi connectivity index (χ3v) is 4.15. The molecule has 1 aliphatic rings. The third-order valence-electron chi connectivity index (χ3n) is 2.91. The van der Waals surface area contributed by atoms with Crippen molar-refractivity contribution in [3.8, 4) is 0 Å². The van der Waals surface area contributed by atoms with E-state index in [2.05, 4.69) is 12.1 Å². The van der Waals surface area contributed by atoms with E-state index in [9.17, 15) is 4.79 Å². The molecule has 2 rings (SSSR count). The highest BCUT2D eigenvalue weighted by molar-refractivity contribution is 7.97. The molecule has 16 heavy (non-hydrogen) atoms. The summed E-state index contributed by atoms with van der Waals surface area (Å²) in [5.41, 5.74) is 0. The second-order valence-corrected chi connectivity index (χ2v) is 5.23. The molecule has 1 fully saturated rings. The maximum atomic E-state index is 11.6. The maximum absolute atomic E-state index is 11.6. The second kappa shape index (κ2) is 5.39. The van der Waals surface area contributed by atoms with E-state index in [1.54, 1.807) is 18.9 Å². The van der Waals surface area contributed by atoms with Crippen molar-refractivity contribution in [2.24, 2.45) is 0 Å². The highest BCUT2D eigenvalue weighted by Crippen LogP contribution is 2.32. The fourth-order valence-corrected chi connectivity index (χ4v) is 3.12. The van der Waals surface area contributed by atoms with Gasteiger partial charge in [-0.2, -0.15) is 0 Å². The van der Waals surface area contributed by atoms with Crippen molar-refractivity contribution in [1.82, 2.24) is 4.31 Å². The largest absolute Gasteiger partial charge is 0.279 e. The molecular weight excluding hydrogens is 218 g/mol. The second-order valence-electron chi connectivity index (χ2n) is 4.19. The van der Waals surface area contributed by atoms with Crippen LogP contribution < -0.4 is 0 Å². The zero-order valence-corrected chi connectivity index (χ0v) is 10.4. The number of benzene rings is 1. The molecule has 1 saturated carbocycles. The molecule has 1 amide bonds. The van der Waals surface area contributed by atoms with Crippen molar-refractivity contribution < 1.29 is 4.79 Å². The van der Waals surface area contributed by atoms with Crippen molar-refractivity contribution in [2.75, 3.05) is 0 Å². The number of carbonyl (C=O) groups is 1. The van der Waals surface area contributed by atoms with E-state index in [0.717, 1.165) is 17.7 Å². The molecule has 0 N–H and O–H groups in total. The summed E-state index contributed by atoms with van der Waals surface area (Å²) >= 11 is 1.58. The molecule has 0 heterocycles. The number of rotatable bonds is 3. The standard InChI is InChI=1S/C13H17NOS/c1-11(15)14(12-7-5-6-8-12)16-13-9-3-2-4-10-13/h2-4,9-10,12H,5-8H2,1H3. The monoisotopic (exact) mass is 235 g/mol. The van der Waals surface area contributed by atoms with Crippen LogP contribution in [0.15, 0.2) is 35.2 Å². The van der Waals surface area contributed by atoms with Gasteiger partial charge < -0.3 is 0 Å². The lowest BCUT2D eigenvalue weighted by molar-refractivity contribution is -0.125. The molecule has 0 spiro atoms. The third kappa shape index (κ3) is 2.79. The minimum Gasteiger partial charge on any atom is -0.279 e. The van der Waals surface area contributed by atoms with Gasteiger partial charge in [0.25, 0.3) is 0 Å². The van der Waals surface area contributed by atoms with E-state index >= 15 is 0 Å². The van der Waals surface area contributed by atoms with E-state index in [4.69, 9.17) is 0 Å². The van der Waals surface area contributed by atoms with Gasteiger partial charge in [0.2, 0.25) is 5.91 Å². The van der Waals surface area contributed by atoms with Gasteiger partial charge in [0.1, 0.15) is 0 Å². The van der Waals surface area contributed by atoms with Gasteiger partial charge in [0.15, 0.2) is 0 Å². The van der Waals surface area contributed by atoms with Crippen molar-refractivity contribution in [2.45, 2.75) is 43.5 Å². The van der Waals surface area contributed by atoms with Crippen molar-refractivity contribution in [3.63, 3.8) is 0 Å². The van der Waals surface area contributed by atoms with Gasteiger partial charge in [-0.3, -0.25) is 9.10 Å². The molecule has 86 valence electrons. The van der Waals surface area contributed by atoms with Crippen LogP contribution in [0.2, 0.25) is 0 Å². The zero-order valence-electron chi connectivity index (χ0n) is 9.56. The number of nitrogens with zero attached hydrogens (tertiary/aromatic N) is 1. The summed E-state index contributed by atoms with van der Waals surface area (Å²) in [6.07, 6.45) is 4.81. The molecule has 0 aromatic heterocycles. The first-order valence-corrected chi connectivity index (χ1v) is 6.57. The summed E-state index contributed by atoms with van der Waals surface area (Å²) in [7, 11) is 0. The highest BCUT2D eigenvalue weighted by atomic mass is 32.2. The van der Waals surface area contributed by atoms with Gasteiger partial charge in [0.05, 0.1) is 0 Å². The van der Waals surface area contributed by atoms with Gasteiger partial charge in [-0.25, -0.2) is 0 Å². The lowest BCUT2D eigenvalue weighted by Crippen LogP contribution is -2.30. The Morgan fingerprint density at radius 1 is 1.25 bits per heavy atom. The smallest absolute Gasteiger partial charge is 0.229 e. The predicted octanol–water partition coefficient (Wildman–Crippen LogP) is 3.48. The van der Waals surface area contributed by atoms with Crippen molar-refractivity contribution >= 4 is 17.9 Å². The van der Waals surface area contributed by atoms with Crippen molar-refractivity contribution in [3.05, 3.63) is 30.3 Å². The lowest BCUT2D eigenvalue weighted by atomic mass is 10.2. The zero-order chi connectivity index (χ0) is 11.4. The summed E-state index contributed by atoms with van der Waals surface area (Å²) in [4.78, 5) is 12.8. The van der Waals surface area contributed by atoms with E-state index in [-0.39, 0.29) is 5.91 Å². The molecule has 1 aromatic rings. The van der Waals surface area contributed by atoms with Crippen LogP contribution >= 0.6 is 11.9 Å². The quantitative estimate of drug-likeness (QED) is 0.747. The van der Waals surface area contributed by atoms with Gasteiger partial charge in [-0.05, 0) is 36.9 Å². The van der Waals surface area contributed by atoms with Crippen LogP contribution in [0.3, 0.4) is 0 Å². The SMILES string of the molecule is CC(=O)N(Sc1ccccc1)C1CCCC1. The highest BCUT2D eigenvalue weighted by Gasteiger charge is 2.25. The molecule has 1 aromatic carbocycles. The Balaban J connectivity index is 2.05. The van der Waals surface area contributed by atoms with Crippen LogP contribution in [0.4, 0.5) is 0 Å². The summed E-state index contributed by atoms with van der Waals surface area (Å²) in [5, 5.41) is 0. The number of amides is 1. The van der Waals surface area contributed by atoms with Crippen LogP contribution in [0.1, 0.15) is 32.6 Å². The van der Waals surface area contributed by atoms with E-state index in [1.165, 1.54) is 12.8 Å². The Labute approximate surface area is 101 Å². The number of hydrogen-bond acceptors (Lipinski definition) is 2. The van der Waals surface area contributed by atoms with E-state index in [0.29, 0.717) is 6.04 Å². The summed E-state index contributed by atoms with van der Waals surface area (Å²) in [5.74, 6) is 0.167. The van der Waals surface area contributed by atoms with Crippen LogP contribution in [-0.2, 0) is 4.79 Å². The minimum atomic E-state index is 0.167. The molecule has 0 bridgehead atoms. The molecule has 0 unspecified atom stereocenters. The Hall–Kier alpha value is -0.960.